The van der Waals surface area contributed by atoms with E-state index in [1.54, 1.807) is 13.8 Å². The number of amides is 3. The van der Waals surface area contributed by atoms with E-state index >= 15 is 0 Å². The van der Waals surface area contributed by atoms with Crippen molar-refractivity contribution in [3.05, 3.63) is 45.1 Å². The molecule has 1 aliphatic rings. The third-order valence-corrected chi connectivity index (χ3v) is 7.04. The van der Waals surface area contributed by atoms with Crippen molar-refractivity contribution >= 4 is 52.0 Å². The fourth-order valence-corrected chi connectivity index (χ4v) is 5.11. The van der Waals surface area contributed by atoms with E-state index in [2.05, 4.69) is 10.6 Å². The maximum Gasteiger partial charge on any atom is 0.418 e. The van der Waals surface area contributed by atoms with Gasteiger partial charge in [-0.2, -0.15) is 13.2 Å². The van der Waals surface area contributed by atoms with E-state index in [4.69, 9.17) is 16.3 Å². The lowest BCUT2D eigenvalue weighted by Gasteiger charge is -2.32. The van der Waals surface area contributed by atoms with Gasteiger partial charge in [-0.25, -0.2) is 8.78 Å². The average Bonchev–Trinajstić information content (AvgIpc) is 3.29. The molecule has 0 aliphatic carbocycles. The third-order valence-electron chi connectivity index (χ3n) is 5.81. The van der Waals surface area contributed by atoms with Gasteiger partial charge in [-0.3, -0.25) is 19.3 Å². The van der Waals surface area contributed by atoms with Crippen molar-refractivity contribution in [1.29, 1.82) is 0 Å². The lowest BCUT2D eigenvalue weighted by molar-refractivity contribution is -0.137. The zero-order valence-corrected chi connectivity index (χ0v) is 23.1. The van der Waals surface area contributed by atoms with Gasteiger partial charge in [-0.15, -0.1) is 11.3 Å². The Morgan fingerprint density at radius 2 is 1.90 bits per heavy atom. The largest absolute Gasteiger partial charge is 0.418 e. The Kier molecular flexibility index (Phi) is 10.9. The molecular weight excluding hydrogens is 583 g/mol. The molecule has 15 heteroatoms. The monoisotopic (exact) mass is 610 g/mol. The maximum atomic E-state index is 14.0. The van der Waals surface area contributed by atoms with Gasteiger partial charge in [0.2, 0.25) is 5.91 Å². The van der Waals surface area contributed by atoms with Crippen LogP contribution in [0.1, 0.15) is 29.1 Å². The highest BCUT2D eigenvalue weighted by Crippen LogP contribution is 2.39. The van der Waals surface area contributed by atoms with E-state index in [1.165, 1.54) is 23.1 Å². The number of hydrogen-bond acceptors (Lipinski definition) is 6. The van der Waals surface area contributed by atoms with E-state index < -0.39 is 60.7 Å². The number of ether oxygens (including phenoxy) is 1. The molecule has 0 unspecified atom stereocenters. The quantitative estimate of drug-likeness (QED) is 0.359. The molecule has 1 saturated heterocycles. The predicted molar refractivity (Wildman–Crippen MR) is 141 cm³/mol. The summed E-state index contributed by atoms with van der Waals surface area (Å²) in [4.78, 5) is 40.4. The van der Waals surface area contributed by atoms with Crippen molar-refractivity contribution in [3.63, 3.8) is 0 Å². The van der Waals surface area contributed by atoms with Crippen molar-refractivity contribution in [2.24, 2.45) is 5.92 Å². The van der Waals surface area contributed by atoms with E-state index in [-0.39, 0.29) is 42.8 Å². The van der Waals surface area contributed by atoms with Gasteiger partial charge in [0, 0.05) is 25.3 Å². The highest BCUT2D eigenvalue weighted by Gasteiger charge is 2.37. The van der Waals surface area contributed by atoms with Crippen LogP contribution in [0.5, 0.6) is 0 Å². The number of halogens is 6. The van der Waals surface area contributed by atoms with Crippen molar-refractivity contribution < 1.29 is 41.1 Å². The number of hydrogen-bond donors (Lipinski definition) is 2. The number of thiophene rings is 1. The van der Waals surface area contributed by atoms with E-state index in [0.717, 1.165) is 22.3 Å². The van der Waals surface area contributed by atoms with E-state index in [0.29, 0.717) is 10.4 Å². The summed E-state index contributed by atoms with van der Waals surface area (Å²) in [6.45, 7) is 1.97. The number of nitrogens with one attached hydrogen (secondary N) is 2. The van der Waals surface area contributed by atoms with Crippen molar-refractivity contribution in [2.45, 2.75) is 32.5 Å². The lowest BCUT2D eigenvalue weighted by Crippen LogP contribution is -2.53. The Bertz CT molecular complexity index is 1200. The van der Waals surface area contributed by atoms with Crippen molar-refractivity contribution in [1.82, 2.24) is 10.2 Å². The molecule has 2 aromatic rings. The van der Waals surface area contributed by atoms with Gasteiger partial charge >= 0.3 is 6.18 Å². The van der Waals surface area contributed by atoms with Crippen LogP contribution in [0, 0.1) is 5.92 Å². The zero-order chi connectivity index (χ0) is 29.6. The normalized spacial score (nSPS) is 15.2. The molecule has 0 radical (unpaired) electrons. The van der Waals surface area contributed by atoms with Crippen LogP contribution in [0.15, 0.2) is 30.3 Å². The highest BCUT2D eigenvalue weighted by molar-refractivity contribution is 7.18. The van der Waals surface area contributed by atoms with Crippen LogP contribution in [0.2, 0.25) is 4.34 Å². The summed E-state index contributed by atoms with van der Waals surface area (Å²) in [5.74, 6) is -2.28. The average molecular weight is 611 g/mol. The molecule has 40 heavy (non-hydrogen) atoms. The standard InChI is InChI=1S/C25H28ClF5N4O4S/c1-14(2)11-34(12-21(27)28)18(10-32-24(38)19-5-6-20(26)40-19)23(37)33-15-3-4-17(16(9-15)25(29,30)31)35-7-8-39-13-22(35)36/h3-6,9,14,18,21H,7-8,10-13H2,1-2H3,(H,32,38)(H,33,37)/t18-/m1/s1. The number of rotatable bonds is 11. The molecule has 1 atom stereocenters. The second-order valence-electron chi connectivity index (χ2n) is 9.39. The summed E-state index contributed by atoms with van der Waals surface area (Å²) >= 11 is 6.84. The number of morpholine rings is 1. The highest BCUT2D eigenvalue weighted by atomic mass is 35.5. The van der Waals surface area contributed by atoms with Crippen molar-refractivity contribution in [3.8, 4) is 0 Å². The summed E-state index contributed by atoms with van der Waals surface area (Å²) < 4.78 is 74.1. The number of nitrogens with zero attached hydrogens (tertiary/aromatic N) is 2. The van der Waals surface area contributed by atoms with Gasteiger partial charge in [0.05, 0.1) is 33.6 Å². The topological polar surface area (TPSA) is 91.0 Å². The Balaban J connectivity index is 1.89. The van der Waals surface area contributed by atoms with Gasteiger partial charge in [0.1, 0.15) is 12.6 Å². The van der Waals surface area contributed by atoms with Crippen LogP contribution < -0.4 is 15.5 Å². The molecule has 1 aliphatic heterocycles. The Morgan fingerprint density at radius 3 is 2.48 bits per heavy atom. The summed E-state index contributed by atoms with van der Waals surface area (Å²) in [6.07, 6.45) is -7.69. The summed E-state index contributed by atoms with van der Waals surface area (Å²) in [5, 5.41) is 4.90. The molecular formula is C25H28ClF5N4O4S. The molecule has 0 bridgehead atoms. The number of carbonyl (C=O) groups excluding carboxylic acids is 3. The van der Waals surface area contributed by atoms with Gasteiger partial charge in [0.15, 0.2) is 0 Å². The van der Waals surface area contributed by atoms with Gasteiger partial charge in [0.25, 0.3) is 18.2 Å². The number of alkyl halides is 5. The smallest absolute Gasteiger partial charge is 0.370 e. The van der Waals surface area contributed by atoms with Crippen molar-refractivity contribution in [2.75, 3.05) is 49.6 Å². The molecule has 8 nitrogen and oxygen atoms in total. The molecule has 3 amide bonds. The Morgan fingerprint density at radius 1 is 1.18 bits per heavy atom. The first-order valence-electron chi connectivity index (χ1n) is 12.2. The molecule has 1 aromatic carbocycles. The molecule has 2 heterocycles. The summed E-state index contributed by atoms with van der Waals surface area (Å²) in [5.41, 5.74) is -1.81. The molecule has 3 rings (SSSR count). The fourth-order valence-electron chi connectivity index (χ4n) is 4.15. The first-order chi connectivity index (χ1) is 18.8. The number of benzene rings is 1. The minimum Gasteiger partial charge on any atom is -0.370 e. The van der Waals surface area contributed by atoms with Crippen LogP contribution >= 0.6 is 22.9 Å². The first kappa shape index (κ1) is 31.7. The van der Waals surface area contributed by atoms with E-state index in [1.807, 2.05) is 0 Å². The van der Waals surface area contributed by atoms with Crippen LogP contribution in [0.4, 0.5) is 33.3 Å². The van der Waals surface area contributed by atoms with Crippen LogP contribution in [-0.2, 0) is 20.5 Å². The van der Waals surface area contributed by atoms with Crippen LogP contribution in [0.25, 0.3) is 0 Å². The molecule has 220 valence electrons. The number of carbonyl (C=O) groups is 3. The van der Waals surface area contributed by atoms with Crippen LogP contribution in [0.3, 0.4) is 0 Å². The SMILES string of the molecule is CC(C)CN(CC(F)F)[C@H](CNC(=O)c1ccc(Cl)s1)C(=O)Nc1ccc(N2CCOCC2=O)c(C(F)(F)F)c1. The zero-order valence-electron chi connectivity index (χ0n) is 21.6. The Hall–Kier alpha value is -2.81. The lowest BCUT2D eigenvalue weighted by atomic mass is 10.1. The molecule has 1 aromatic heterocycles. The predicted octanol–water partition coefficient (Wildman–Crippen LogP) is 4.74. The second kappa shape index (κ2) is 13.7. The minimum atomic E-state index is -4.87. The Labute approximate surface area is 236 Å². The summed E-state index contributed by atoms with van der Waals surface area (Å²) in [6, 6.07) is 4.55. The maximum absolute atomic E-state index is 14.0. The van der Waals surface area contributed by atoms with Gasteiger partial charge < -0.3 is 20.3 Å². The fraction of sp³-hybridized carbons (Fsp3) is 0.480. The second-order valence-corrected chi connectivity index (χ2v) is 11.1. The molecule has 2 N–H and O–H groups in total. The molecule has 1 fully saturated rings. The minimum absolute atomic E-state index is 0.0506. The van der Waals surface area contributed by atoms with E-state index in [9.17, 15) is 36.3 Å². The third kappa shape index (κ3) is 8.59. The van der Waals surface area contributed by atoms with Crippen LogP contribution in [-0.4, -0.2) is 74.5 Å². The van der Waals surface area contributed by atoms with Gasteiger partial charge in [-0.05, 0) is 36.2 Å². The molecule has 0 spiro atoms. The first-order valence-corrected chi connectivity index (χ1v) is 13.4. The van der Waals surface area contributed by atoms with Gasteiger partial charge in [-0.1, -0.05) is 25.4 Å². The summed E-state index contributed by atoms with van der Waals surface area (Å²) in [7, 11) is 0. The number of anilines is 2. The molecule has 0 saturated carbocycles.